The molecule has 0 spiro atoms. The first-order valence-electron chi connectivity index (χ1n) is 8.47. The molecule has 0 bridgehead atoms. The lowest BCUT2D eigenvalue weighted by Crippen LogP contribution is -2.49. The Labute approximate surface area is 140 Å². The van der Waals surface area contributed by atoms with E-state index in [1.54, 1.807) is 0 Å². The van der Waals surface area contributed by atoms with Crippen LogP contribution < -0.4 is 10.6 Å². The van der Waals surface area contributed by atoms with Crippen molar-refractivity contribution in [1.82, 2.24) is 10.6 Å². The molecule has 0 aromatic carbocycles. The Morgan fingerprint density at radius 1 is 1.04 bits per heavy atom. The first-order valence-corrected chi connectivity index (χ1v) is 8.47. The fourth-order valence-corrected chi connectivity index (χ4v) is 2.43. The molecule has 0 saturated carbocycles. The third-order valence-corrected chi connectivity index (χ3v) is 4.15. The summed E-state index contributed by atoms with van der Waals surface area (Å²) in [5, 5.41) is 15.6. The first-order chi connectivity index (χ1) is 10.5. The Kier molecular flexibility index (Phi) is 9.32. The van der Waals surface area contributed by atoms with Gasteiger partial charge >= 0.3 is 5.97 Å². The summed E-state index contributed by atoms with van der Waals surface area (Å²) >= 11 is 0. The number of carbonyl (C=O) groups excluding carboxylic acids is 1. The Balaban J connectivity index is 4.40. The largest absolute Gasteiger partial charge is 0.481 e. The summed E-state index contributed by atoms with van der Waals surface area (Å²) in [6.07, 6.45) is 4.25. The number of ketones is 1. The minimum absolute atomic E-state index is 0.0809. The molecule has 23 heavy (non-hydrogen) atoms. The van der Waals surface area contributed by atoms with Crippen LogP contribution in [0.3, 0.4) is 0 Å². The van der Waals surface area contributed by atoms with Crippen LogP contribution in [0.25, 0.3) is 0 Å². The molecular formula is C18H34N2O3. The Hall–Kier alpha value is -1.20. The molecule has 3 N–H and O–H groups in total. The van der Waals surface area contributed by atoms with Gasteiger partial charge in [0.15, 0.2) is 5.78 Å². The van der Waals surface area contributed by atoms with Crippen molar-refractivity contribution in [1.29, 1.82) is 0 Å². The van der Waals surface area contributed by atoms with E-state index >= 15 is 0 Å². The van der Waals surface area contributed by atoms with E-state index in [0.717, 1.165) is 18.4 Å². The summed E-state index contributed by atoms with van der Waals surface area (Å²) in [6, 6.07) is 0. The molecule has 134 valence electrons. The van der Waals surface area contributed by atoms with Crippen LogP contribution in [0.15, 0.2) is 11.6 Å². The van der Waals surface area contributed by atoms with Gasteiger partial charge in [-0.2, -0.15) is 0 Å². The highest BCUT2D eigenvalue weighted by Gasteiger charge is 2.26. The number of hydrogen-bond donors (Lipinski definition) is 3. The zero-order valence-electron chi connectivity index (χ0n) is 15.6. The zero-order chi connectivity index (χ0) is 18.1. The molecule has 0 aromatic rings. The smallest absolute Gasteiger partial charge is 0.305 e. The maximum Gasteiger partial charge on any atom is 0.305 e. The highest BCUT2D eigenvalue weighted by molar-refractivity contribution is 5.95. The number of rotatable bonds is 12. The lowest BCUT2D eigenvalue weighted by atomic mass is 9.89. The van der Waals surface area contributed by atoms with Crippen molar-refractivity contribution in [3.05, 3.63) is 11.6 Å². The number of Topliss-reactive ketones (excluding diaryl/α,β-unsaturated/α-hetero) is 1. The summed E-state index contributed by atoms with van der Waals surface area (Å²) < 4.78 is 0. The van der Waals surface area contributed by atoms with Crippen molar-refractivity contribution in [3.63, 3.8) is 0 Å². The molecule has 5 heteroatoms. The van der Waals surface area contributed by atoms with Gasteiger partial charge in [0.05, 0.1) is 6.42 Å². The van der Waals surface area contributed by atoms with Crippen molar-refractivity contribution >= 4 is 11.8 Å². The van der Waals surface area contributed by atoms with Gasteiger partial charge in [-0.3, -0.25) is 9.59 Å². The molecule has 0 fully saturated rings. The Bertz CT molecular complexity index is 430. The number of carboxylic acids is 1. The predicted octanol–water partition coefficient (Wildman–Crippen LogP) is 2.90. The molecule has 0 aliphatic carbocycles. The number of hydrogen-bond acceptors (Lipinski definition) is 4. The number of allylic oxidation sites excluding steroid dienone is 2. The van der Waals surface area contributed by atoms with E-state index < -0.39 is 11.5 Å². The topological polar surface area (TPSA) is 78.4 Å². The summed E-state index contributed by atoms with van der Waals surface area (Å²) in [4.78, 5) is 23.0. The molecule has 0 aliphatic heterocycles. The molecule has 1 atom stereocenters. The number of aliphatic carboxylic acids is 1. The van der Waals surface area contributed by atoms with Crippen molar-refractivity contribution in [2.24, 2.45) is 0 Å². The fraction of sp³-hybridized carbons (Fsp3) is 0.778. The van der Waals surface area contributed by atoms with Crippen LogP contribution in [-0.4, -0.2) is 41.0 Å². The van der Waals surface area contributed by atoms with Crippen LogP contribution in [0.5, 0.6) is 0 Å². The van der Waals surface area contributed by atoms with E-state index in [-0.39, 0.29) is 17.7 Å². The molecule has 0 aromatic heterocycles. The van der Waals surface area contributed by atoms with E-state index in [4.69, 9.17) is 5.11 Å². The average molecular weight is 326 g/mol. The Morgan fingerprint density at radius 3 is 2.09 bits per heavy atom. The summed E-state index contributed by atoms with van der Waals surface area (Å²) in [5.41, 5.74) is 0.153. The second-order valence-electron chi connectivity index (χ2n) is 7.12. The second kappa shape index (κ2) is 9.83. The molecule has 5 nitrogen and oxygen atoms in total. The monoisotopic (exact) mass is 326 g/mol. The first kappa shape index (κ1) is 21.8. The van der Waals surface area contributed by atoms with E-state index in [1.165, 1.54) is 0 Å². The summed E-state index contributed by atoms with van der Waals surface area (Å²) in [7, 11) is 0. The third-order valence-electron chi connectivity index (χ3n) is 4.15. The van der Waals surface area contributed by atoms with Crippen molar-refractivity contribution in [2.45, 2.75) is 78.3 Å². The molecule has 0 rings (SSSR count). The third kappa shape index (κ3) is 9.51. The maximum absolute atomic E-state index is 12.2. The predicted molar refractivity (Wildman–Crippen MR) is 94.7 cm³/mol. The number of nitrogens with one attached hydrogen (secondary N) is 2. The van der Waals surface area contributed by atoms with Crippen LogP contribution >= 0.6 is 0 Å². The molecular weight excluding hydrogens is 292 g/mol. The molecule has 0 saturated heterocycles. The van der Waals surface area contributed by atoms with Gasteiger partial charge in [0.2, 0.25) is 0 Å². The van der Waals surface area contributed by atoms with Crippen LogP contribution in [0.1, 0.15) is 67.2 Å². The van der Waals surface area contributed by atoms with Gasteiger partial charge in [-0.15, -0.1) is 0 Å². The van der Waals surface area contributed by atoms with Gasteiger partial charge in [-0.25, -0.2) is 0 Å². The molecule has 1 unspecified atom stereocenters. The molecule has 0 amide bonds. The molecule has 0 radical (unpaired) electrons. The van der Waals surface area contributed by atoms with Crippen molar-refractivity contribution < 1.29 is 14.7 Å². The zero-order valence-corrected chi connectivity index (χ0v) is 15.6. The van der Waals surface area contributed by atoms with E-state index in [2.05, 4.69) is 24.5 Å². The van der Waals surface area contributed by atoms with Crippen LogP contribution in [0, 0.1) is 0 Å². The van der Waals surface area contributed by atoms with E-state index in [9.17, 15) is 9.59 Å². The second-order valence-corrected chi connectivity index (χ2v) is 7.12. The van der Waals surface area contributed by atoms with Gasteiger partial charge < -0.3 is 15.7 Å². The lowest BCUT2D eigenvalue weighted by molar-refractivity contribution is -0.138. The summed E-state index contributed by atoms with van der Waals surface area (Å²) in [6.45, 7) is 13.1. The minimum atomic E-state index is -0.808. The van der Waals surface area contributed by atoms with E-state index in [1.807, 2.05) is 33.8 Å². The van der Waals surface area contributed by atoms with Gasteiger partial charge in [0, 0.05) is 30.6 Å². The van der Waals surface area contributed by atoms with Crippen LogP contribution in [-0.2, 0) is 9.59 Å². The maximum atomic E-state index is 12.2. The van der Waals surface area contributed by atoms with Gasteiger partial charge in [0.1, 0.15) is 0 Å². The average Bonchev–Trinajstić information content (AvgIpc) is 2.42. The van der Waals surface area contributed by atoms with Crippen LogP contribution in [0.4, 0.5) is 0 Å². The summed E-state index contributed by atoms with van der Waals surface area (Å²) in [5.74, 6) is -0.625. The highest BCUT2D eigenvalue weighted by Crippen LogP contribution is 2.17. The van der Waals surface area contributed by atoms with Crippen molar-refractivity contribution in [2.75, 3.05) is 13.1 Å². The normalized spacial score (nSPS) is 15.3. The van der Waals surface area contributed by atoms with Gasteiger partial charge in [0.25, 0.3) is 0 Å². The van der Waals surface area contributed by atoms with Gasteiger partial charge in [-0.1, -0.05) is 19.9 Å². The minimum Gasteiger partial charge on any atom is -0.481 e. The van der Waals surface area contributed by atoms with E-state index in [0.29, 0.717) is 19.5 Å². The number of carbonyl (C=O) groups is 2. The quantitative estimate of drug-likeness (QED) is 0.380. The SMILES string of the molecule is CC/C=C(\C)C(=O)CC(C)(CC)NCCNC(C)(C)CC(=O)O. The molecule has 0 heterocycles. The fourth-order valence-electron chi connectivity index (χ4n) is 2.43. The van der Waals surface area contributed by atoms with Crippen molar-refractivity contribution in [3.8, 4) is 0 Å². The lowest BCUT2D eigenvalue weighted by Gasteiger charge is -2.31. The van der Waals surface area contributed by atoms with Gasteiger partial charge in [-0.05, 0) is 46.1 Å². The highest BCUT2D eigenvalue weighted by atomic mass is 16.4. The Morgan fingerprint density at radius 2 is 1.61 bits per heavy atom. The van der Waals surface area contributed by atoms with Crippen LogP contribution in [0.2, 0.25) is 0 Å². The number of carboxylic acid groups (broad SMARTS) is 1. The standard InChI is InChI=1S/C18H34N2O3/c1-7-9-14(3)15(21)12-18(6,8-2)20-11-10-19-17(4,5)13-16(22)23/h9,19-20H,7-8,10-13H2,1-6H3,(H,22,23)/b14-9+. The molecule has 0 aliphatic rings.